The van der Waals surface area contributed by atoms with Crippen molar-refractivity contribution in [3.05, 3.63) is 29.6 Å². The quantitative estimate of drug-likeness (QED) is 0.792. The fourth-order valence-electron chi connectivity index (χ4n) is 2.62. The highest BCUT2D eigenvalue weighted by molar-refractivity contribution is 6.00. The fourth-order valence-corrected chi connectivity index (χ4v) is 2.62. The molecule has 0 radical (unpaired) electrons. The molecular weight excluding hydrogens is 230 g/mol. The van der Waals surface area contributed by atoms with Crippen LogP contribution in [0.4, 0.5) is 0 Å². The van der Waals surface area contributed by atoms with Crippen molar-refractivity contribution >= 4 is 11.8 Å². The monoisotopic (exact) mass is 245 g/mol. The normalized spacial score (nSPS) is 23.6. The van der Waals surface area contributed by atoms with E-state index in [9.17, 15) is 9.59 Å². The Labute approximate surface area is 105 Å². The highest BCUT2D eigenvalue weighted by Gasteiger charge is 2.37. The number of aromatic nitrogens is 1. The Bertz CT molecular complexity index is 501. The summed E-state index contributed by atoms with van der Waals surface area (Å²) in [5.41, 5.74) is 1.41. The van der Waals surface area contributed by atoms with Crippen LogP contribution in [0.15, 0.2) is 18.3 Å². The molecule has 1 N–H and O–H groups in total. The van der Waals surface area contributed by atoms with Gasteiger partial charge < -0.3 is 10.2 Å². The molecule has 5 nitrogen and oxygen atoms in total. The minimum atomic E-state index is -0.339. The lowest BCUT2D eigenvalue weighted by Crippen LogP contribution is -2.45. The van der Waals surface area contributed by atoms with Crippen LogP contribution in [0, 0.1) is 0 Å². The molecule has 1 saturated heterocycles. The lowest BCUT2D eigenvalue weighted by molar-refractivity contribution is -0.125. The van der Waals surface area contributed by atoms with Gasteiger partial charge in [-0.2, -0.15) is 0 Å². The maximum Gasteiger partial charge on any atom is 0.256 e. The van der Waals surface area contributed by atoms with E-state index in [1.54, 1.807) is 23.2 Å². The molecule has 2 aliphatic rings. The Morgan fingerprint density at radius 3 is 3.06 bits per heavy atom. The molecule has 2 aliphatic heterocycles. The van der Waals surface area contributed by atoms with Crippen LogP contribution in [0.2, 0.25) is 0 Å². The second kappa shape index (κ2) is 4.40. The van der Waals surface area contributed by atoms with Gasteiger partial charge in [0.1, 0.15) is 6.04 Å². The first-order valence-electron chi connectivity index (χ1n) is 6.30. The van der Waals surface area contributed by atoms with Gasteiger partial charge in [0.15, 0.2) is 0 Å². The number of carbonyl (C=O) groups excluding carboxylic acids is 2. The molecule has 5 heteroatoms. The van der Waals surface area contributed by atoms with E-state index in [1.165, 1.54) is 0 Å². The van der Waals surface area contributed by atoms with Crippen molar-refractivity contribution in [2.24, 2.45) is 0 Å². The van der Waals surface area contributed by atoms with Crippen molar-refractivity contribution in [3.63, 3.8) is 0 Å². The average molecular weight is 245 g/mol. The molecule has 0 saturated carbocycles. The number of nitrogens with one attached hydrogen (secondary N) is 1. The molecule has 18 heavy (non-hydrogen) atoms. The van der Waals surface area contributed by atoms with E-state index in [0.29, 0.717) is 18.7 Å². The summed E-state index contributed by atoms with van der Waals surface area (Å²) >= 11 is 0. The first-order valence-corrected chi connectivity index (χ1v) is 6.30. The molecule has 0 spiro atoms. The van der Waals surface area contributed by atoms with Crippen LogP contribution in [0.25, 0.3) is 0 Å². The molecule has 1 aromatic rings. The van der Waals surface area contributed by atoms with Crippen molar-refractivity contribution in [2.45, 2.75) is 31.8 Å². The van der Waals surface area contributed by atoms with Gasteiger partial charge in [-0.1, -0.05) is 0 Å². The summed E-state index contributed by atoms with van der Waals surface area (Å²) in [5, 5.41) is 2.87. The first-order chi connectivity index (χ1) is 8.77. The summed E-state index contributed by atoms with van der Waals surface area (Å²) in [5.74, 6) is -0.103. The van der Waals surface area contributed by atoms with Gasteiger partial charge in [-0.25, -0.2) is 0 Å². The molecule has 1 fully saturated rings. The zero-order valence-corrected chi connectivity index (χ0v) is 10.1. The Morgan fingerprint density at radius 1 is 1.33 bits per heavy atom. The van der Waals surface area contributed by atoms with E-state index in [4.69, 9.17) is 0 Å². The smallest absolute Gasteiger partial charge is 0.256 e. The van der Waals surface area contributed by atoms with Gasteiger partial charge >= 0.3 is 0 Å². The van der Waals surface area contributed by atoms with Crippen LogP contribution < -0.4 is 5.32 Å². The Balaban J connectivity index is 1.87. The molecular formula is C13H15N3O2. The number of fused-ring (bicyclic) bond motifs is 1. The molecule has 0 bridgehead atoms. The number of hydrogen-bond acceptors (Lipinski definition) is 3. The summed E-state index contributed by atoms with van der Waals surface area (Å²) < 4.78 is 0. The predicted molar refractivity (Wildman–Crippen MR) is 64.8 cm³/mol. The Kier molecular flexibility index (Phi) is 2.74. The van der Waals surface area contributed by atoms with Gasteiger partial charge in [0.25, 0.3) is 5.91 Å². The molecule has 0 unspecified atom stereocenters. The minimum Gasteiger partial charge on any atom is -0.354 e. The van der Waals surface area contributed by atoms with E-state index in [1.807, 2.05) is 0 Å². The fraction of sp³-hybridized carbons (Fsp3) is 0.462. The molecule has 0 aliphatic carbocycles. The molecule has 3 rings (SSSR count). The number of pyridine rings is 1. The topological polar surface area (TPSA) is 62.3 Å². The Hall–Kier alpha value is -1.91. The van der Waals surface area contributed by atoms with Gasteiger partial charge in [0.05, 0.1) is 17.8 Å². The van der Waals surface area contributed by atoms with Crippen LogP contribution in [0.3, 0.4) is 0 Å². The summed E-state index contributed by atoms with van der Waals surface area (Å²) in [4.78, 5) is 30.1. The molecule has 2 amide bonds. The SMILES string of the molecule is O=C1NCCCC[C@@H]1N1Cc2ncccc2C1=O. The minimum absolute atomic E-state index is 0.0337. The second-order valence-electron chi connectivity index (χ2n) is 4.73. The van der Waals surface area contributed by atoms with Gasteiger partial charge in [-0.3, -0.25) is 14.6 Å². The summed E-state index contributed by atoms with van der Waals surface area (Å²) in [6.45, 7) is 1.16. The van der Waals surface area contributed by atoms with Crippen LogP contribution in [-0.2, 0) is 11.3 Å². The van der Waals surface area contributed by atoms with Crippen molar-refractivity contribution in [1.82, 2.24) is 15.2 Å². The van der Waals surface area contributed by atoms with Crippen LogP contribution in [0.1, 0.15) is 35.3 Å². The standard InChI is InChI=1S/C13H15N3O2/c17-12-11(5-1-2-6-15-12)16-8-10-9(13(16)18)4-3-7-14-10/h3-4,7,11H,1-2,5-6,8H2,(H,15,17)/t11-/m0/s1. The van der Waals surface area contributed by atoms with Gasteiger partial charge in [-0.05, 0) is 31.4 Å². The third-order valence-corrected chi connectivity index (χ3v) is 3.58. The highest BCUT2D eigenvalue weighted by Crippen LogP contribution is 2.25. The second-order valence-corrected chi connectivity index (χ2v) is 4.73. The first kappa shape index (κ1) is 11.2. The summed E-state index contributed by atoms with van der Waals surface area (Å²) in [7, 11) is 0. The van der Waals surface area contributed by atoms with Crippen molar-refractivity contribution in [1.29, 1.82) is 0 Å². The zero-order valence-electron chi connectivity index (χ0n) is 10.1. The maximum atomic E-state index is 12.3. The number of carbonyl (C=O) groups is 2. The van der Waals surface area contributed by atoms with E-state index in [2.05, 4.69) is 10.3 Å². The number of amides is 2. The van der Waals surface area contributed by atoms with Crippen LogP contribution >= 0.6 is 0 Å². The van der Waals surface area contributed by atoms with Crippen molar-refractivity contribution < 1.29 is 9.59 Å². The summed E-state index contributed by atoms with van der Waals surface area (Å²) in [6.07, 6.45) is 4.38. The van der Waals surface area contributed by atoms with Crippen LogP contribution in [0.5, 0.6) is 0 Å². The number of hydrogen-bond donors (Lipinski definition) is 1. The van der Waals surface area contributed by atoms with E-state index < -0.39 is 0 Å². The largest absolute Gasteiger partial charge is 0.354 e. The van der Waals surface area contributed by atoms with Crippen molar-refractivity contribution in [3.8, 4) is 0 Å². The van der Waals surface area contributed by atoms with E-state index in [-0.39, 0.29) is 17.9 Å². The molecule has 1 aromatic heterocycles. The third-order valence-electron chi connectivity index (χ3n) is 3.58. The zero-order chi connectivity index (χ0) is 12.5. The maximum absolute atomic E-state index is 12.3. The lowest BCUT2D eigenvalue weighted by atomic mass is 10.1. The lowest BCUT2D eigenvalue weighted by Gasteiger charge is -2.24. The summed E-state index contributed by atoms with van der Waals surface area (Å²) in [6, 6.07) is 3.20. The van der Waals surface area contributed by atoms with Gasteiger partial charge in [0.2, 0.25) is 5.91 Å². The Morgan fingerprint density at radius 2 is 2.22 bits per heavy atom. The van der Waals surface area contributed by atoms with Crippen molar-refractivity contribution in [2.75, 3.05) is 6.54 Å². The predicted octanol–water partition coefficient (Wildman–Crippen LogP) is 0.706. The molecule has 0 aromatic carbocycles. The van der Waals surface area contributed by atoms with E-state index in [0.717, 1.165) is 25.0 Å². The average Bonchev–Trinajstić information content (AvgIpc) is 2.57. The molecule has 94 valence electrons. The van der Waals surface area contributed by atoms with Crippen LogP contribution in [-0.4, -0.2) is 34.3 Å². The third kappa shape index (κ3) is 1.75. The molecule has 3 heterocycles. The number of rotatable bonds is 1. The number of nitrogens with zero attached hydrogens (tertiary/aromatic N) is 2. The van der Waals surface area contributed by atoms with Gasteiger partial charge in [0, 0.05) is 12.7 Å². The van der Waals surface area contributed by atoms with Gasteiger partial charge in [-0.15, -0.1) is 0 Å². The van der Waals surface area contributed by atoms with E-state index >= 15 is 0 Å². The highest BCUT2D eigenvalue weighted by atomic mass is 16.2. The molecule has 1 atom stereocenters.